The molecule has 0 saturated carbocycles. The van der Waals surface area contributed by atoms with Crippen LogP contribution in [0.25, 0.3) is 66.1 Å². The van der Waals surface area contributed by atoms with Crippen molar-refractivity contribution in [2.24, 2.45) is 0 Å². The average Bonchev–Trinajstić information content (AvgIpc) is 3.20. The fourth-order valence-electron chi connectivity index (χ4n) is 6.48. The van der Waals surface area contributed by atoms with Crippen molar-refractivity contribution in [2.45, 2.75) is 6.92 Å². The Bertz CT molecular complexity index is 2900. The first-order valence-corrected chi connectivity index (χ1v) is 17.0. The van der Waals surface area contributed by atoms with Crippen molar-refractivity contribution < 1.29 is 19.1 Å². The number of rotatable bonds is 6. The van der Waals surface area contributed by atoms with Crippen LogP contribution in [0.15, 0.2) is 152 Å². The largest absolute Gasteiger partial charge is 0.422 e. The highest BCUT2D eigenvalue weighted by atomic mass is 16.5. The van der Waals surface area contributed by atoms with E-state index in [0.717, 1.165) is 49.6 Å². The number of carbonyl (C=O) groups excluding carboxylic acids is 2. The van der Waals surface area contributed by atoms with Gasteiger partial charge < -0.3 is 9.47 Å². The van der Waals surface area contributed by atoms with Gasteiger partial charge in [0, 0.05) is 32.7 Å². The molecule has 9 rings (SSSR count). The lowest BCUT2D eigenvalue weighted by atomic mass is 9.99. The fraction of sp³-hybridized carbons (Fsp3) is 0.0222. The highest BCUT2D eigenvalue weighted by Crippen LogP contribution is 2.32. The Morgan fingerprint density at radius 2 is 0.849 bits per heavy atom. The molecule has 0 radical (unpaired) electrons. The third-order valence-corrected chi connectivity index (χ3v) is 9.16. The minimum Gasteiger partial charge on any atom is -0.422 e. The highest BCUT2D eigenvalue weighted by molar-refractivity contribution is 6.06. The zero-order valence-electron chi connectivity index (χ0n) is 28.4. The van der Waals surface area contributed by atoms with Gasteiger partial charge in [0.1, 0.15) is 22.9 Å². The van der Waals surface area contributed by atoms with Gasteiger partial charge in [-0.3, -0.25) is 0 Å². The number of carbonyl (C=O) groups is 2. The Morgan fingerprint density at radius 3 is 1.34 bits per heavy atom. The van der Waals surface area contributed by atoms with E-state index in [0.29, 0.717) is 33.6 Å². The normalized spacial score (nSPS) is 11.3. The van der Waals surface area contributed by atoms with Gasteiger partial charge in [-0.2, -0.15) is 0 Å². The van der Waals surface area contributed by atoms with Gasteiger partial charge in [0.05, 0.1) is 33.5 Å². The smallest absolute Gasteiger partial charge is 0.362 e. The number of pyridine rings is 4. The fourth-order valence-corrected chi connectivity index (χ4v) is 6.48. The Kier molecular flexibility index (Phi) is 7.82. The van der Waals surface area contributed by atoms with E-state index in [4.69, 9.17) is 29.4 Å². The van der Waals surface area contributed by atoms with Crippen LogP contribution >= 0.6 is 0 Å². The molecule has 4 aromatic heterocycles. The predicted octanol–water partition coefficient (Wildman–Crippen LogP) is 9.96. The van der Waals surface area contributed by atoms with E-state index >= 15 is 0 Å². The number of ether oxygens (including phenoxy) is 2. The van der Waals surface area contributed by atoms with Crippen LogP contribution in [0.3, 0.4) is 0 Å². The summed E-state index contributed by atoms with van der Waals surface area (Å²) in [6, 6.07) is 47.1. The number of benzene rings is 5. The molecule has 5 aromatic carbocycles. The Morgan fingerprint density at radius 1 is 0.434 bits per heavy atom. The van der Waals surface area contributed by atoms with E-state index in [1.807, 2.05) is 116 Å². The molecule has 9 aromatic rings. The second kappa shape index (κ2) is 13.1. The molecular weight excluding hydrogens is 661 g/mol. The summed E-state index contributed by atoms with van der Waals surface area (Å²) in [5.41, 5.74) is 7.50. The number of aryl methyl sites for hydroxylation is 1. The van der Waals surface area contributed by atoms with E-state index in [9.17, 15) is 9.59 Å². The Labute approximate surface area is 303 Å². The molecule has 0 aliphatic rings. The molecule has 0 unspecified atom stereocenters. The maximum atomic E-state index is 13.0. The van der Waals surface area contributed by atoms with Crippen LogP contribution in [-0.2, 0) is 0 Å². The minimum absolute atomic E-state index is 0.204. The van der Waals surface area contributed by atoms with Crippen molar-refractivity contribution in [3.63, 3.8) is 0 Å². The maximum absolute atomic E-state index is 13.0. The first-order valence-electron chi connectivity index (χ1n) is 17.0. The van der Waals surface area contributed by atoms with Gasteiger partial charge in [-0.15, -0.1) is 0 Å². The topological polar surface area (TPSA) is 104 Å². The average molecular weight is 689 g/mol. The lowest BCUT2D eigenvalue weighted by molar-refractivity contribution is 0.0719. The van der Waals surface area contributed by atoms with Gasteiger partial charge >= 0.3 is 11.9 Å². The molecule has 0 aliphatic carbocycles. The van der Waals surface area contributed by atoms with E-state index in [1.54, 1.807) is 36.4 Å². The summed E-state index contributed by atoms with van der Waals surface area (Å²) in [5, 5.41) is 3.56. The summed E-state index contributed by atoms with van der Waals surface area (Å²) in [5.74, 6) is -0.157. The summed E-state index contributed by atoms with van der Waals surface area (Å²) < 4.78 is 11.1. The number of aromatic nitrogens is 4. The second-order valence-corrected chi connectivity index (χ2v) is 12.6. The number of hydrogen-bond donors (Lipinski definition) is 0. The monoisotopic (exact) mass is 688 g/mol. The Balaban J connectivity index is 1.05. The van der Waals surface area contributed by atoms with Crippen LogP contribution in [0, 0.1) is 6.92 Å². The molecule has 0 saturated heterocycles. The second-order valence-electron chi connectivity index (χ2n) is 12.6. The van der Waals surface area contributed by atoms with Crippen molar-refractivity contribution in [3.8, 4) is 34.0 Å². The Hall–Kier alpha value is -7.32. The molecular formula is C45H28N4O4. The molecule has 252 valence electrons. The van der Waals surface area contributed by atoms with Crippen molar-refractivity contribution in [2.75, 3.05) is 0 Å². The lowest BCUT2D eigenvalue weighted by Crippen LogP contribution is -2.10. The first-order chi connectivity index (χ1) is 26.0. The summed E-state index contributed by atoms with van der Waals surface area (Å²) in [6.45, 7) is 2.05. The molecule has 4 heterocycles. The van der Waals surface area contributed by atoms with Crippen LogP contribution in [-0.4, -0.2) is 31.9 Å². The summed E-state index contributed by atoms with van der Waals surface area (Å²) >= 11 is 0. The highest BCUT2D eigenvalue weighted by Gasteiger charge is 2.16. The van der Waals surface area contributed by atoms with Crippen LogP contribution in [0.1, 0.15) is 26.5 Å². The third kappa shape index (κ3) is 6.08. The van der Waals surface area contributed by atoms with Crippen LogP contribution in [0.2, 0.25) is 0 Å². The SMILES string of the molecule is Cc1cc(-c2ccc3ccc4ccc(C(=O)Oc5ccccc5)nc4c3n2)ccc1-c1ccc2ccc3ccc(C(=O)Oc4ccccc4)nc3c2n1. The molecule has 53 heavy (non-hydrogen) atoms. The molecule has 0 aliphatic heterocycles. The number of para-hydroxylation sites is 2. The molecule has 8 heteroatoms. The molecule has 8 nitrogen and oxygen atoms in total. The summed E-state index contributed by atoms with van der Waals surface area (Å²) in [6.07, 6.45) is 0. The molecule has 0 bridgehead atoms. The predicted molar refractivity (Wildman–Crippen MR) is 206 cm³/mol. The molecule has 0 amide bonds. The number of hydrogen-bond acceptors (Lipinski definition) is 8. The van der Waals surface area contributed by atoms with Gasteiger partial charge in [-0.25, -0.2) is 29.5 Å². The summed E-state index contributed by atoms with van der Waals surface area (Å²) in [7, 11) is 0. The van der Waals surface area contributed by atoms with Gasteiger partial charge in [0.15, 0.2) is 0 Å². The number of esters is 2. The first kappa shape index (κ1) is 31.6. The van der Waals surface area contributed by atoms with Crippen molar-refractivity contribution >= 4 is 55.6 Å². The molecule has 0 atom stereocenters. The van der Waals surface area contributed by atoms with E-state index in [-0.39, 0.29) is 11.4 Å². The van der Waals surface area contributed by atoms with Crippen molar-refractivity contribution in [3.05, 3.63) is 169 Å². The molecule has 0 fully saturated rings. The van der Waals surface area contributed by atoms with Crippen molar-refractivity contribution in [1.29, 1.82) is 0 Å². The maximum Gasteiger partial charge on any atom is 0.362 e. The minimum atomic E-state index is -0.533. The molecule has 0 N–H and O–H groups in total. The zero-order valence-corrected chi connectivity index (χ0v) is 28.4. The third-order valence-electron chi connectivity index (χ3n) is 9.16. The van der Waals surface area contributed by atoms with Crippen LogP contribution in [0.5, 0.6) is 11.5 Å². The van der Waals surface area contributed by atoms with E-state index in [1.165, 1.54) is 0 Å². The van der Waals surface area contributed by atoms with Crippen molar-refractivity contribution in [1.82, 2.24) is 19.9 Å². The number of fused-ring (bicyclic) bond motifs is 6. The standard InChI is InChI=1S/C45H28N4O4/c1-27-26-32(36-22-17-28-12-14-30-19-24-38(48-42(30)40(28)46-36)44(50)52-33-8-4-2-5-9-33)16-21-35(27)37-23-18-29-13-15-31-20-25-39(49-43(31)41(29)47-37)45(51)53-34-10-6-3-7-11-34/h2-26H,1H3. The molecule has 0 spiro atoms. The van der Waals surface area contributed by atoms with Crippen LogP contribution < -0.4 is 9.47 Å². The van der Waals surface area contributed by atoms with Gasteiger partial charge in [-0.05, 0) is 67.1 Å². The van der Waals surface area contributed by atoms with Gasteiger partial charge in [-0.1, -0.05) is 97.1 Å². The van der Waals surface area contributed by atoms with Crippen LogP contribution in [0.4, 0.5) is 0 Å². The number of nitrogens with zero attached hydrogens (tertiary/aromatic N) is 4. The zero-order chi connectivity index (χ0) is 35.9. The van der Waals surface area contributed by atoms with Gasteiger partial charge in [0.2, 0.25) is 0 Å². The van der Waals surface area contributed by atoms with E-state index < -0.39 is 11.9 Å². The quantitative estimate of drug-likeness (QED) is 0.0966. The lowest BCUT2D eigenvalue weighted by Gasteiger charge is -2.11. The van der Waals surface area contributed by atoms with Gasteiger partial charge in [0.25, 0.3) is 0 Å². The van der Waals surface area contributed by atoms with E-state index in [2.05, 4.69) is 6.07 Å². The summed E-state index contributed by atoms with van der Waals surface area (Å²) in [4.78, 5) is 45.5.